The van der Waals surface area contributed by atoms with E-state index < -0.39 is 27.9 Å². The van der Waals surface area contributed by atoms with E-state index in [0.29, 0.717) is 0 Å². The van der Waals surface area contributed by atoms with Crippen LogP contribution in [0.3, 0.4) is 0 Å². The summed E-state index contributed by atoms with van der Waals surface area (Å²) >= 11 is 0. The Hall–Kier alpha value is -1.19. The number of carbonyl (C=O) groups is 2. The third kappa shape index (κ3) is 9.40. The Bertz CT molecular complexity index is 406. The van der Waals surface area contributed by atoms with E-state index in [4.69, 9.17) is 15.6 Å². The number of hydrogen-bond acceptors (Lipinski definition) is 5. The van der Waals surface area contributed by atoms with Crippen LogP contribution in [0.1, 0.15) is 26.7 Å². The number of nitrogens with one attached hydrogen (secondary N) is 1. The second-order valence-corrected chi connectivity index (χ2v) is 6.13. The molecule has 0 aromatic rings. The van der Waals surface area contributed by atoms with Crippen LogP contribution in [0.4, 0.5) is 0 Å². The molecule has 9 heteroatoms. The van der Waals surface area contributed by atoms with Crippen molar-refractivity contribution < 1.29 is 27.9 Å². The number of primary amides is 1. The molecule has 0 aliphatic carbocycles. The first-order valence-electron chi connectivity index (χ1n) is 5.76. The number of carbonyl (C=O) groups excluding carboxylic acids is 1. The molecule has 0 aliphatic heterocycles. The van der Waals surface area contributed by atoms with Gasteiger partial charge in [-0.25, -0.2) is 13.1 Å². The minimum Gasteiger partial charge on any atom is -0.480 e. The minimum atomic E-state index is -3.78. The fraction of sp³-hybridized carbons (Fsp3) is 0.800. The molecule has 4 N–H and O–H groups in total. The lowest BCUT2D eigenvalue weighted by Crippen LogP contribution is -2.43. The second-order valence-electron chi connectivity index (χ2n) is 4.25. The summed E-state index contributed by atoms with van der Waals surface area (Å²) in [6.45, 7) is 3.48. The van der Waals surface area contributed by atoms with E-state index >= 15 is 0 Å². The lowest BCUT2D eigenvalue weighted by Gasteiger charge is -2.14. The Morgan fingerprint density at radius 2 is 1.95 bits per heavy atom. The van der Waals surface area contributed by atoms with Crippen molar-refractivity contribution >= 4 is 21.9 Å². The minimum absolute atomic E-state index is 0.0326. The molecule has 19 heavy (non-hydrogen) atoms. The van der Waals surface area contributed by atoms with Gasteiger partial charge in [0.05, 0.1) is 18.5 Å². The molecular weight excluding hydrogens is 276 g/mol. The number of amides is 1. The Kier molecular flexibility index (Phi) is 7.57. The number of rotatable bonds is 10. The van der Waals surface area contributed by atoms with Gasteiger partial charge < -0.3 is 15.6 Å². The summed E-state index contributed by atoms with van der Waals surface area (Å²) < 4.78 is 30.3. The fourth-order valence-corrected chi connectivity index (χ4v) is 2.27. The highest BCUT2D eigenvalue weighted by atomic mass is 32.2. The first-order valence-corrected chi connectivity index (χ1v) is 7.42. The largest absolute Gasteiger partial charge is 0.480 e. The molecule has 0 radical (unpaired) electrons. The van der Waals surface area contributed by atoms with E-state index in [1.54, 1.807) is 13.8 Å². The second kappa shape index (κ2) is 8.08. The topological polar surface area (TPSA) is 136 Å². The number of sulfonamides is 1. The zero-order valence-electron chi connectivity index (χ0n) is 11.0. The molecule has 0 rings (SSSR count). The SMILES string of the molecule is CC(C)OCCS(=O)(=O)N[C@@H](CCC(N)=O)C(=O)O. The molecule has 0 aromatic carbocycles. The van der Waals surface area contributed by atoms with Crippen LogP contribution in [0.2, 0.25) is 0 Å². The lowest BCUT2D eigenvalue weighted by atomic mass is 10.2. The predicted octanol–water partition coefficient (Wildman–Crippen LogP) is -0.950. The number of nitrogens with two attached hydrogens (primary N) is 1. The number of carboxylic acid groups (broad SMARTS) is 1. The van der Waals surface area contributed by atoms with Gasteiger partial charge in [-0.15, -0.1) is 0 Å². The molecular formula is C10H20N2O6S. The van der Waals surface area contributed by atoms with Crippen LogP contribution in [0.5, 0.6) is 0 Å². The number of hydrogen-bond donors (Lipinski definition) is 3. The van der Waals surface area contributed by atoms with Crippen molar-refractivity contribution in [3.05, 3.63) is 0 Å². The van der Waals surface area contributed by atoms with Crippen molar-refractivity contribution in [1.82, 2.24) is 4.72 Å². The Morgan fingerprint density at radius 3 is 2.37 bits per heavy atom. The van der Waals surface area contributed by atoms with E-state index in [0.717, 1.165) is 0 Å². The van der Waals surface area contributed by atoms with Crippen molar-refractivity contribution in [2.24, 2.45) is 5.73 Å². The normalized spacial score (nSPS) is 13.4. The molecule has 0 bridgehead atoms. The average Bonchev–Trinajstić information content (AvgIpc) is 2.22. The van der Waals surface area contributed by atoms with E-state index in [2.05, 4.69) is 0 Å². The first kappa shape index (κ1) is 17.8. The molecule has 0 aromatic heterocycles. The molecule has 8 nitrogen and oxygen atoms in total. The zero-order valence-corrected chi connectivity index (χ0v) is 11.8. The highest BCUT2D eigenvalue weighted by molar-refractivity contribution is 7.89. The number of carboxylic acids is 1. The highest BCUT2D eigenvalue weighted by Gasteiger charge is 2.24. The van der Waals surface area contributed by atoms with Gasteiger partial charge in [0.25, 0.3) is 0 Å². The monoisotopic (exact) mass is 296 g/mol. The quantitative estimate of drug-likeness (QED) is 0.475. The Labute approximate surface area is 112 Å². The molecule has 1 atom stereocenters. The predicted molar refractivity (Wildman–Crippen MR) is 67.9 cm³/mol. The summed E-state index contributed by atoms with van der Waals surface area (Å²) in [5.41, 5.74) is 4.89. The summed E-state index contributed by atoms with van der Waals surface area (Å²) in [6, 6.07) is -1.36. The molecule has 0 spiro atoms. The van der Waals surface area contributed by atoms with Gasteiger partial charge in [0, 0.05) is 6.42 Å². The summed E-state index contributed by atoms with van der Waals surface area (Å²) in [4.78, 5) is 21.4. The molecule has 0 heterocycles. The van der Waals surface area contributed by atoms with Gasteiger partial charge in [-0.3, -0.25) is 9.59 Å². The van der Waals surface area contributed by atoms with E-state index in [1.807, 2.05) is 4.72 Å². The lowest BCUT2D eigenvalue weighted by molar-refractivity contribution is -0.139. The van der Waals surface area contributed by atoms with Crippen molar-refractivity contribution in [1.29, 1.82) is 0 Å². The van der Waals surface area contributed by atoms with Crippen LogP contribution < -0.4 is 10.5 Å². The third-order valence-corrected chi connectivity index (χ3v) is 3.45. The highest BCUT2D eigenvalue weighted by Crippen LogP contribution is 2.01. The van der Waals surface area contributed by atoms with Crippen LogP contribution in [0, 0.1) is 0 Å². The van der Waals surface area contributed by atoms with Crippen LogP contribution in [0.25, 0.3) is 0 Å². The Morgan fingerprint density at radius 1 is 1.37 bits per heavy atom. The van der Waals surface area contributed by atoms with Crippen molar-refractivity contribution in [2.45, 2.75) is 38.8 Å². The van der Waals surface area contributed by atoms with Crippen molar-refractivity contribution in [3.8, 4) is 0 Å². The number of aliphatic carboxylic acids is 1. The molecule has 1 amide bonds. The molecule has 0 aliphatic rings. The van der Waals surface area contributed by atoms with E-state index in [9.17, 15) is 18.0 Å². The zero-order chi connectivity index (χ0) is 15.1. The van der Waals surface area contributed by atoms with Gasteiger partial charge >= 0.3 is 5.97 Å². The smallest absolute Gasteiger partial charge is 0.321 e. The van der Waals surface area contributed by atoms with Gasteiger partial charge in [-0.1, -0.05) is 0 Å². The average molecular weight is 296 g/mol. The van der Waals surface area contributed by atoms with Crippen molar-refractivity contribution in [3.63, 3.8) is 0 Å². The van der Waals surface area contributed by atoms with Crippen LogP contribution in [0.15, 0.2) is 0 Å². The summed E-state index contributed by atoms with van der Waals surface area (Å²) in [5.74, 6) is -2.38. The maximum absolute atomic E-state index is 11.6. The standard InChI is InChI=1S/C10H20N2O6S/c1-7(2)18-5-6-19(16,17)12-8(10(14)15)3-4-9(11)13/h7-8,12H,3-6H2,1-2H3,(H2,11,13)(H,14,15)/t8-/m0/s1. The maximum Gasteiger partial charge on any atom is 0.321 e. The molecule has 0 saturated heterocycles. The summed E-state index contributed by atoms with van der Waals surface area (Å²) in [6.07, 6.45) is -0.503. The molecule has 0 fully saturated rings. The van der Waals surface area contributed by atoms with Crippen molar-refractivity contribution in [2.75, 3.05) is 12.4 Å². The molecule has 112 valence electrons. The summed E-state index contributed by atoms with van der Waals surface area (Å²) in [5, 5.41) is 8.85. The van der Waals surface area contributed by atoms with Crippen LogP contribution in [-0.4, -0.2) is 49.9 Å². The molecule has 0 saturated carbocycles. The Balaban J connectivity index is 4.39. The molecule has 0 unspecified atom stereocenters. The fourth-order valence-electron chi connectivity index (χ4n) is 1.19. The van der Waals surface area contributed by atoms with Crippen LogP contribution >= 0.6 is 0 Å². The van der Waals surface area contributed by atoms with Gasteiger partial charge in [0.2, 0.25) is 15.9 Å². The van der Waals surface area contributed by atoms with Gasteiger partial charge in [0.1, 0.15) is 6.04 Å². The summed E-state index contributed by atoms with van der Waals surface area (Å²) in [7, 11) is -3.78. The van der Waals surface area contributed by atoms with Gasteiger partial charge in [0.15, 0.2) is 0 Å². The van der Waals surface area contributed by atoms with E-state index in [1.165, 1.54) is 0 Å². The van der Waals surface area contributed by atoms with Crippen LogP contribution in [-0.2, 0) is 24.3 Å². The van der Waals surface area contributed by atoms with E-state index in [-0.39, 0.29) is 31.3 Å². The third-order valence-electron chi connectivity index (χ3n) is 2.10. The number of ether oxygens (including phenoxy) is 1. The van der Waals surface area contributed by atoms with Gasteiger partial charge in [-0.2, -0.15) is 0 Å². The first-order chi connectivity index (χ1) is 8.64. The maximum atomic E-state index is 11.6. The van der Waals surface area contributed by atoms with Gasteiger partial charge in [-0.05, 0) is 20.3 Å².